The number of carbonyl (C=O) groups is 1. The van der Waals surface area contributed by atoms with Crippen molar-refractivity contribution < 1.29 is 14.3 Å². The molecule has 1 amide bonds. The minimum Gasteiger partial charge on any atom is -0.454 e. The first kappa shape index (κ1) is 15.2. The number of benzene rings is 1. The summed E-state index contributed by atoms with van der Waals surface area (Å²) in [6.07, 6.45) is 0.889. The van der Waals surface area contributed by atoms with E-state index in [4.69, 9.17) is 9.47 Å². The molecule has 0 saturated heterocycles. The van der Waals surface area contributed by atoms with Crippen LogP contribution in [0.5, 0.6) is 11.5 Å². The molecular weight excluding hydrogens is 322 g/mol. The maximum absolute atomic E-state index is 12.4. The SMILES string of the molecule is CC(C)(C)C(CCBr)NC(=O)c1ccc2c(c1)OCO2. The molecule has 1 aromatic rings. The number of amides is 1. The van der Waals surface area contributed by atoms with E-state index in [1.807, 2.05) is 0 Å². The minimum atomic E-state index is -0.0795. The Morgan fingerprint density at radius 3 is 2.70 bits per heavy atom. The van der Waals surface area contributed by atoms with Crippen LogP contribution < -0.4 is 14.8 Å². The molecule has 0 radical (unpaired) electrons. The Balaban J connectivity index is 2.11. The van der Waals surface area contributed by atoms with Crippen molar-refractivity contribution in [2.45, 2.75) is 33.2 Å². The van der Waals surface area contributed by atoms with Crippen LogP contribution in [0.2, 0.25) is 0 Å². The van der Waals surface area contributed by atoms with Crippen molar-refractivity contribution in [1.29, 1.82) is 0 Å². The van der Waals surface area contributed by atoms with E-state index < -0.39 is 0 Å². The van der Waals surface area contributed by atoms with Gasteiger partial charge < -0.3 is 14.8 Å². The van der Waals surface area contributed by atoms with Crippen LogP contribution >= 0.6 is 15.9 Å². The molecule has 0 saturated carbocycles. The lowest BCUT2D eigenvalue weighted by molar-refractivity contribution is 0.0900. The highest BCUT2D eigenvalue weighted by Crippen LogP contribution is 2.32. The van der Waals surface area contributed by atoms with E-state index in [1.165, 1.54) is 0 Å². The second-order valence-electron chi connectivity index (χ2n) is 5.94. The van der Waals surface area contributed by atoms with Crippen molar-refractivity contribution in [3.8, 4) is 11.5 Å². The molecule has 0 bridgehead atoms. The van der Waals surface area contributed by atoms with Gasteiger partial charge >= 0.3 is 0 Å². The molecule has 0 aliphatic carbocycles. The van der Waals surface area contributed by atoms with Gasteiger partial charge in [0.1, 0.15) is 0 Å². The largest absolute Gasteiger partial charge is 0.454 e. The molecule has 20 heavy (non-hydrogen) atoms. The number of hydrogen-bond acceptors (Lipinski definition) is 3. The van der Waals surface area contributed by atoms with Gasteiger partial charge in [0.25, 0.3) is 5.91 Å². The van der Waals surface area contributed by atoms with Gasteiger partial charge in [-0.25, -0.2) is 0 Å². The van der Waals surface area contributed by atoms with Crippen molar-refractivity contribution in [1.82, 2.24) is 5.32 Å². The van der Waals surface area contributed by atoms with Crippen LogP contribution in [0.4, 0.5) is 0 Å². The van der Waals surface area contributed by atoms with Crippen molar-refractivity contribution >= 4 is 21.8 Å². The third kappa shape index (κ3) is 3.45. The van der Waals surface area contributed by atoms with Gasteiger partial charge in [0.05, 0.1) is 0 Å². The van der Waals surface area contributed by atoms with E-state index in [0.29, 0.717) is 17.1 Å². The number of alkyl halides is 1. The van der Waals surface area contributed by atoms with E-state index in [9.17, 15) is 4.79 Å². The fourth-order valence-electron chi connectivity index (χ4n) is 2.11. The summed E-state index contributed by atoms with van der Waals surface area (Å²) in [6.45, 7) is 6.59. The summed E-state index contributed by atoms with van der Waals surface area (Å²) in [5, 5.41) is 3.96. The van der Waals surface area contributed by atoms with Crippen LogP contribution in [0.1, 0.15) is 37.6 Å². The van der Waals surface area contributed by atoms with Gasteiger partial charge in [0.2, 0.25) is 6.79 Å². The van der Waals surface area contributed by atoms with Crippen molar-refractivity contribution in [3.63, 3.8) is 0 Å². The Morgan fingerprint density at radius 1 is 1.35 bits per heavy atom. The van der Waals surface area contributed by atoms with Crippen LogP contribution in [0, 0.1) is 5.41 Å². The van der Waals surface area contributed by atoms with E-state index in [2.05, 4.69) is 42.0 Å². The van der Waals surface area contributed by atoms with Crippen LogP contribution in [0.15, 0.2) is 18.2 Å². The zero-order valence-corrected chi connectivity index (χ0v) is 13.6. The van der Waals surface area contributed by atoms with Crippen LogP contribution in [0.3, 0.4) is 0 Å². The topological polar surface area (TPSA) is 47.6 Å². The molecular formula is C15H20BrNO3. The lowest BCUT2D eigenvalue weighted by Crippen LogP contribution is -2.44. The number of hydrogen-bond donors (Lipinski definition) is 1. The molecule has 5 heteroatoms. The van der Waals surface area contributed by atoms with Gasteiger partial charge in [0.15, 0.2) is 11.5 Å². The number of halogens is 1. The Hall–Kier alpha value is -1.23. The number of fused-ring (bicyclic) bond motifs is 1. The van der Waals surface area contributed by atoms with Gasteiger partial charge in [-0.3, -0.25) is 4.79 Å². The maximum atomic E-state index is 12.4. The molecule has 0 spiro atoms. The predicted molar refractivity (Wildman–Crippen MR) is 81.7 cm³/mol. The molecule has 1 aliphatic rings. The third-order valence-corrected chi connectivity index (χ3v) is 3.84. The molecule has 1 atom stereocenters. The van der Waals surface area contributed by atoms with Gasteiger partial charge in [-0.15, -0.1) is 0 Å². The smallest absolute Gasteiger partial charge is 0.251 e. The highest BCUT2D eigenvalue weighted by atomic mass is 79.9. The molecule has 0 aromatic heterocycles. The Morgan fingerprint density at radius 2 is 2.05 bits per heavy atom. The first-order valence-electron chi connectivity index (χ1n) is 6.68. The average Bonchev–Trinajstić information content (AvgIpc) is 2.84. The second-order valence-corrected chi connectivity index (χ2v) is 6.73. The van der Waals surface area contributed by atoms with E-state index in [0.717, 1.165) is 11.8 Å². The fourth-order valence-corrected chi connectivity index (χ4v) is 2.57. The lowest BCUT2D eigenvalue weighted by atomic mass is 9.85. The highest BCUT2D eigenvalue weighted by molar-refractivity contribution is 9.09. The molecule has 110 valence electrons. The van der Waals surface area contributed by atoms with Crippen LogP contribution in [-0.4, -0.2) is 24.1 Å². The number of nitrogens with one attached hydrogen (secondary N) is 1. The van der Waals surface area contributed by atoms with Gasteiger partial charge in [-0.05, 0) is 30.0 Å². The number of ether oxygens (including phenoxy) is 2. The average molecular weight is 342 g/mol. The first-order chi connectivity index (χ1) is 9.41. The normalized spacial score (nSPS) is 15.0. The first-order valence-corrected chi connectivity index (χ1v) is 7.80. The Kier molecular flexibility index (Phi) is 4.58. The molecule has 1 aliphatic heterocycles. The Labute approximate surface area is 128 Å². The summed E-state index contributed by atoms with van der Waals surface area (Å²) < 4.78 is 10.5. The molecule has 0 fully saturated rings. The van der Waals surface area contributed by atoms with Crippen LogP contribution in [-0.2, 0) is 0 Å². The van der Waals surface area contributed by atoms with Crippen molar-refractivity contribution in [3.05, 3.63) is 23.8 Å². The second kappa shape index (κ2) is 6.04. The standard InChI is InChI=1S/C15H20BrNO3/c1-15(2,3)13(6-7-16)17-14(18)10-4-5-11-12(8-10)20-9-19-11/h4-5,8,13H,6-7,9H2,1-3H3,(H,17,18). The monoisotopic (exact) mass is 341 g/mol. The molecule has 1 N–H and O–H groups in total. The van der Waals surface area contributed by atoms with E-state index in [1.54, 1.807) is 18.2 Å². The highest BCUT2D eigenvalue weighted by Gasteiger charge is 2.26. The van der Waals surface area contributed by atoms with E-state index >= 15 is 0 Å². The molecule has 1 unspecified atom stereocenters. The summed E-state index contributed by atoms with van der Waals surface area (Å²) in [4.78, 5) is 12.4. The number of carbonyl (C=O) groups excluding carboxylic acids is 1. The summed E-state index contributed by atoms with van der Waals surface area (Å²) in [5.41, 5.74) is 0.609. The maximum Gasteiger partial charge on any atom is 0.251 e. The minimum absolute atomic E-state index is 0.0137. The van der Waals surface area contributed by atoms with Crippen molar-refractivity contribution in [2.24, 2.45) is 5.41 Å². The van der Waals surface area contributed by atoms with Gasteiger partial charge in [-0.1, -0.05) is 36.7 Å². The number of rotatable bonds is 4. The molecule has 1 aromatic carbocycles. The molecule has 4 nitrogen and oxygen atoms in total. The fraction of sp³-hybridized carbons (Fsp3) is 0.533. The lowest BCUT2D eigenvalue weighted by Gasteiger charge is -2.31. The summed E-state index contributed by atoms with van der Waals surface area (Å²) in [7, 11) is 0. The molecule has 1 heterocycles. The predicted octanol–water partition coefficient (Wildman–Crippen LogP) is 3.34. The van der Waals surface area contributed by atoms with Crippen LogP contribution in [0.25, 0.3) is 0 Å². The zero-order valence-electron chi connectivity index (χ0n) is 12.0. The Bertz CT molecular complexity index is 496. The quantitative estimate of drug-likeness (QED) is 0.854. The van der Waals surface area contributed by atoms with Gasteiger partial charge in [0, 0.05) is 16.9 Å². The summed E-state index contributed by atoms with van der Waals surface area (Å²) in [6, 6.07) is 5.37. The zero-order chi connectivity index (χ0) is 14.8. The van der Waals surface area contributed by atoms with Crippen molar-refractivity contribution in [2.75, 3.05) is 12.1 Å². The third-order valence-electron chi connectivity index (χ3n) is 3.38. The molecule has 2 rings (SSSR count). The van der Waals surface area contributed by atoms with E-state index in [-0.39, 0.29) is 24.2 Å². The van der Waals surface area contributed by atoms with Gasteiger partial charge in [-0.2, -0.15) is 0 Å². The summed E-state index contributed by atoms with van der Waals surface area (Å²) >= 11 is 3.44. The summed E-state index contributed by atoms with van der Waals surface area (Å²) in [5.74, 6) is 1.24.